The molecule has 0 saturated heterocycles. The molecule has 1 aliphatic carbocycles. The van der Waals surface area contributed by atoms with E-state index in [1.807, 2.05) is 6.92 Å². The van der Waals surface area contributed by atoms with Crippen molar-refractivity contribution in [2.45, 2.75) is 25.4 Å². The van der Waals surface area contributed by atoms with Crippen molar-refractivity contribution < 1.29 is 4.79 Å². The molecule has 0 spiro atoms. The van der Waals surface area contributed by atoms with E-state index >= 15 is 0 Å². The van der Waals surface area contributed by atoms with E-state index in [1.54, 1.807) is 6.08 Å². The highest BCUT2D eigenvalue weighted by molar-refractivity contribution is 5.87. The summed E-state index contributed by atoms with van der Waals surface area (Å²) in [5.74, 6) is -0.0412. The second-order valence-electron chi connectivity index (χ2n) is 2.51. The van der Waals surface area contributed by atoms with Crippen molar-refractivity contribution in [2.24, 2.45) is 5.73 Å². The summed E-state index contributed by atoms with van der Waals surface area (Å²) in [6, 6.07) is 0.415. The van der Waals surface area contributed by atoms with Gasteiger partial charge < -0.3 is 11.1 Å². The van der Waals surface area contributed by atoms with Crippen LogP contribution in [0.2, 0.25) is 0 Å². The smallest absolute Gasteiger partial charge is 0.243 e. The van der Waals surface area contributed by atoms with Gasteiger partial charge in [-0.15, -0.1) is 0 Å². The van der Waals surface area contributed by atoms with Crippen LogP contribution in [0.1, 0.15) is 13.3 Å². The van der Waals surface area contributed by atoms with Gasteiger partial charge in [0.25, 0.3) is 0 Å². The molecule has 1 saturated carbocycles. The lowest BCUT2D eigenvalue weighted by atomic mass is 10.5. The molecule has 1 rings (SSSR count). The zero-order chi connectivity index (χ0) is 7.56. The Hall–Kier alpha value is -0.830. The molecule has 3 N–H and O–H groups in total. The number of carbonyl (C=O) groups is 1. The minimum Gasteiger partial charge on any atom is -0.348 e. The summed E-state index contributed by atoms with van der Waals surface area (Å²) < 4.78 is 0. The molecule has 10 heavy (non-hydrogen) atoms. The molecule has 3 nitrogen and oxygen atoms in total. The van der Waals surface area contributed by atoms with E-state index in [4.69, 9.17) is 5.73 Å². The summed E-state index contributed by atoms with van der Waals surface area (Å²) in [6.07, 6.45) is 4.14. The second kappa shape index (κ2) is 2.84. The van der Waals surface area contributed by atoms with Gasteiger partial charge in [0.05, 0.1) is 0 Å². The number of hydrogen-bond acceptors (Lipinski definition) is 2. The van der Waals surface area contributed by atoms with Crippen molar-refractivity contribution in [1.82, 2.24) is 5.32 Å². The Morgan fingerprint density at radius 3 is 2.80 bits per heavy atom. The largest absolute Gasteiger partial charge is 0.348 e. The van der Waals surface area contributed by atoms with E-state index in [0.717, 1.165) is 6.42 Å². The predicted octanol–water partition coefficient (Wildman–Crippen LogP) is -0.222. The monoisotopic (exact) mass is 140 g/mol. The molecule has 0 aliphatic heterocycles. The van der Waals surface area contributed by atoms with Gasteiger partial charge in [-0.05, 0) is 19.4 Å². The van der Waals surface area contributed by atoms with Crippen LogP contribution in [-0.2, 0) is 4.79 Å². The minimum atomic E-state index is -0.0412. The van der Waals surface area contributed by atoms with Crippen molar-refractivity contribution in [1.29, 1.82) is 0 Å². The maximum atomic E-state index is 10.8. The lowest BCUT2D eigenvalue weighted by molar-refractivity contribution is -0.116. The maximum absolute atomic E-state index is 10.8. The molecule has 2 atom stereocenters. The molecule has 1 fully saturated rings. The van der Waals surface area contributed by atoms with Crippen LogP contribution in [0.5, 0.6) is 0 Å². The molecule has 0 radical (unpaired) electrons. The Bertz CT molecular complexity index is 165. The molecule has 3 heteroatoms. The Balaban J connectivity index is 2.19. The van der Waals surface area contributed by atoms with Gasteiger partial charge in [-0.3, -0.25) is 4.79 Å². The lowest BCUT2D eigenvalue weighted by Crippen LogP contribution is -2.27. The molecule has 0 heterocycles. The first-order chi connectivity index (χ1) is 4.74. The summed E-state index contributed by atoms with van der Waals surface area (Å²) in [5.41, 5.74) is 5.47. The Morgan fingerprint density at radius 2 is 2.40 bits per heavy atom. The molecule has 1 amide bonds. The normalized spacial score (nSPS) is 30.6. The first kappa shape index (κ1) is 7.28. The van der Waals surface area contributed by atoms with Crippen LogP contribution in [0.3, 0.4) is 0 Å². The quantitative estimate of drug-likeness (QED) is 0.521. The van der Waals surface area contributed by atoms with Gasteiger partial charge >= 0.3 is 0 Å². The number of nitrogens with one attached hydrogen (secondary N) is 1. The van der Waals surface area contributed by atoms with Crippen molar-refractivity contribution in [2.75, 3.05) is 0 Å². The van der Waals surface area contributed by atoms with E-state index < -0.39 is 0 Å². The summed E-state index contributed by atoms with van der Waals surface area (Å²) in [5, 5.41) is 2.75. The van der Waals surface area contributed by atoms with Gasteiger partial charge in [-0.1, -0.05) is 6.08 Å². The van der Waals surface area contributed by atoms with E-state index in [2.05, 4.69) is 5.32 Å². The van der Waals surface area contributed by atoms with Gasteiger partial charge in [-0.2, -0.15) is 0 Å². The summed E-state index contributed by atoms with van der Waals surface area (Å²) >= 11 is 0. The molecule has 2 unspecified atom stereocenters. The third kappa shape index (κ3) is 1.84. The summed E-state index contributed by atoms with van der Waals surface area (Å²) in [7, 11) is 0. The zero-order valence-electron chi connectivity index (χ0n) is 6.00. The average molecular weight is 140 g/mol. The first-order valence-corrected chi connectivity index (χ1v) is 3.43. The zero-order valence-corrected chi connectivity index (χ0v) is 6.00. The van der Waals surface area contributed by atoms with Crippen LogP contribution < -0.4 is 11.1 Å². The Kier molecular flexibility index (Phi) is 2.06. The molecule has 0 aromatic heterocycles. The summed E-state index contributed by atoms with van der Waals surface area (Å²) in [4.78, 5) is 10.8. The van der Waals surface area contributed by atoms with Gasteiger partial charge in [0.15, 0.2) is 0 Å². The highest BCUT2D eigenvalue weighted by Crippen LogP contribution is 2.17. The van der Waals surface area contributed by atoms with Crippen molar-refractivity contribution in [3.05, 3.63) is 12.2 Å². The minimum absolute atomic E-state index is 0.0412. The molecule has 0 aromatic rings. The van der Waals surface area contributed by atoms with Crippen molar-refractivity contribution in [3.63, 3.8) is 0 Å². The lowest BCUT2D eigenvalue weighted by Gasteiger charge is -1.96. The van der Waals surface area contributed by atoms with E-state index in [9.17, 15) is 4.79 Å². The molecule has 0 bridgehead atoms. The average Bonchev–Trinajstić information content (AvgIpc) is 2.47. The van der Waals surface area contributed by atoms with E-state index in [1.165, 1.54) is 6.08 Å². The van der Waals surface area contributed by atoms with Crippen LogP contribution in [0.15, 0.2) is 12.2 Å². The fourth-order valence-corrected chi connectivity index (χ4v) is 0.763. The van der Waals surface area contributed by atoms with Gasteiger partial charge in [0.2, 0.25) is 5.91 Å². The van der Waals surface area contributed by atoms with Crippen LogP contribution in [0, 0.1) is 0 Å². The number of nitrogens with two attached hydrogens (primary N) is 1. The van der Waals surface area contributed by atoms with Crippen LogP contribution >= 0.6 is 0 Å². The SMILES string of the molecule is CC=CC(=O)NC1CC1N. The standard InChI is InChI=1S/C7H12N2O/c1-2-3-7(10)9-6-4-5(6)8/h2-3,5-6H,4,8H2,1H3,(H,9,10). The number of allylic oxidation sites excluding steroid dienone is 1. The van der Waals surface area contributed by atoms with Crippen molar-refractivity contribution >= 4 is 5.91 Å². The third-order valence-corrected chi connectivity index (χ3v) is 1.49. The van der Waals surface area contributed by atoms with E-state index in [-0.39, 0.29) is 18.0 Å². The van der Waals surface area contributed by atoms with Crippen LogP contribution in [0.4, 0.5) is 0 Å². The molecule has 1 aliphatic rings. The van der Waals surface area contributed by atoms with Gasteiger partial charge in [-0.25, -0.2) is 0 Å². The molecule has 0 aromatic carbocycles. The first-order valence-electron chi connectivity index (χ1n) is 3.43. The van der Waals surface area contributed by atoms with Crippen LogP contribution in [-0.4, -0.2) is 18.0 Å². The highest BCUT2D eigenvalue weighted by Gasteiger charge is 2.33. The van der Waals surface area contributed by atoms with Gasteiger partial charge in [0, 0.05) is 12.1 Å². The predicted molar refractivity (Wildman–Crippen MR) is 39.3 cm³/mol. The maximum Gasteiger partial charge on any atom is 0.243 e. The fraction of sp³-hybridized carbons (Fsp3) is 0.571. The topological polar surface area (TPSA) is 55.1 Å². The highest BCUT2D eigenvalue weighted by atomic mass is 16.1. The fourth-order valence-electron chi connectivity index (χ4n) is 0.763. The van der Waals surface area contributed by atoms with Crippen LogP contribution in [0.25, 0.3) is 0 Å². The second-order valence-corrected chi connectivity index (χ2v) is 2.51. The third-order valence-electron chi connectivity index (χ3n) is 1.49. The number of carbonyl (C=O) groups excluding carboxylic acids is 1. The molecule has 56 valence electrons. The van der Waals surface area contributed by atoms with E-state index in [0.29, 0.717) is 0 Å². The molecular formula is C7H12N2O. The number of amides is 1. The molecular weight excluding hydrogens is 128 g/mol. The van der Waals surface area contributed by atoms with Crippen molar-refractivity contribution in [3.8, 4) is 0 Å². The number of rotatable bonds is 2. The number of hydrogen-bond donors (Lipinski definition) is 2. The Morgan fingerprint density at radius 1 is 1.80 bits per heavy atom. The van der Waals surface area contributed by atoms with Gasteiger partial charge in [0.1, 0.15) is 0 Å². The summed E-state index contributed by atoms with van der Waals surface area (Å²) in [6.45, 7) is 1.81. The Labute approximate surface area is 60.3 Å².